The average molecular weight is 588 g/mol. The molecule has 0 spiro atoms. The molecule has 1 aromatic heterocycles. The van der Waals surface area contributed by atoms with E-state index < -0.39 is 37.3 Å². The number of hydrogen-bond donors (Lipinski definition) is 2. The lowest BCUT2D eigenvalue weighted by molar-refractivity contribution is -0.118. The Kier molecular flexibility index (Phi) is 7.05. The number of carbonyl (C=O) groups is 1. The van der Waals surface area contributed by atoms with Crippen LogP contribution in [0.2, 0.25) is 5.02 Å². The van der Waals surface area contributed by atoms with E-state index in [1.807, 2.05) is 0 Å². The van der Waals surface area contributed by atoms with Gasteiger partial charge >= 0.3 is 0 Å². The van der Waals surface area contributed by atoms with Gasteiger partial charge in [0.15, 0.2) is 0 Å². The molecule has 13 heteroatoms. The van der Waals surface area contributed by atoms with Crippen LogP contribution in [0.4, 0.5) is 11.4 Å². The van der Waals surface area contributed by atoms with Gasteiger partial charge < -0.3 is 5.32 Å². The fourth-order valence-electron chi connectivity index (χ4n) is 4.72. The zero-order valence-electron chi connectivity index (χ0n) is 21.0. The molecule has 1 unspecified atom stereocenters. The lowest BCUT2D eigenvalue weighted by atomic mass is 9.90. The third kappa shape index (κ3) is 5.72. The Morgan fingerprint density at radius 1 is 1.18 bits per heavy atom. The largest absolute Gasteiger partial charge is 0.324 e. The van der Waals surface area contributed by atoms with Gasteiger partial charge in [-0.3, -0.25) is 14.5 Å². The monoisotopic (exact) mass is 587 g/mol. The number of carbonyl (C=O) groups excluding carboxylic acids is 1. The smallest absolute Gasteiger partial charge is 0.233 e. The van der Waals surface area contributed by atoms with Crippen molar-refractivity contribution >= 4 is 59.7 Å². The molecule has 2 N–H and O–H groups in total. The van der Waals surface area contributed by atoms with E-state index in [9.17, 15) is 26.9 Å². The molecule has 0 bridgehead atoms. The Balaban J connectivity index is 1.44. The first-order valence-electron chi connectivity index (χ1n) is 12.3. The Bertz CT molecular complexity index is 1730. The van der Waals surface area contributed by atoms with Crippen LogP contribution in [-0.2, 0) is 31.4 Å². The highest BCUT2D eigenvalue weighted by atomic mass is 35.5. The lowest BCUT2D eigenvalue weighted by Gasteiger charge is -2.34. The number of nitrogens with one attached hydrogen (secondary N) is 2. The fourth-order valence-corrected chi connectivity index (χ4v) is 7.47. The van der Waals surface area contributed by atoms with Crippen molar-refractivity contribution in [3.8, 4) is 6.07 Å². The Morgan fingerprint density at radius 3 is 2.64 bits per heavy atom. The van der Waals surface area contributed by atoms with Crippen molar-refractivity contribution in [2.45, 2.75) is 32.2 Å². The van der Waals surface area contributed by atoms with E-state index in [1.54, 1.807) is 42.6 Å². The molecule has 1 saturated carbocycles. The summed E-state index contributed by atoms with van der Waals surface area (Å²) in [6.07, 6.45) is 4.13. The molecular weight excluding hydrogens is 562 g/mol. The maximum absolute atomic E-state index is 13.7. The molecule has 10 nitrogen and oxygen atoms in total. The van der Waals surface area contributed by atoms with Crippen LogP contribution < -0.4 is 10.0 Å². The van der Waals surface area contributed by atoms with Crippen molar-refractivity contribution in [3.63, 3.8) is 0 Å². The number of fused-ring (bicyclic) bond motifs is 2. The molecule has 0 saturated heterocycles. The summed E-state index contributed by atoms with van der Waals surface area (Å²) < 4.78 is 54.3. The Labute approximate surface area is 232 Å². The van der Waals surface area contributed by atoms with Crippen molar-refractivity contribution in [1.82, 2.24) is 9.29 Å². The molecule has 1 atom stereocenters. The molecule has 204 valence electrons. The predicted molar refractivity (Wildman–Crippen MR) is 149 cm³/mol. The van der Waals surface area contributed by atoms with Crippen LogP contribution in [0.5, 0.6) is 0 Å². The third-order valence-electron chi connectivity index (χ3n) is 7.15. The summed E-state index contributed by atoms with van der Waals surface area (Å²) in [5.74, 6) is -1.64. The number of pyridine rings is 1. The normalized spacial score (nSPS) is 18.6. The van der Waals surface area contributed by atoms with E-state index in [0.29, 0.717) is 51.1 Å². The number of anilines is 2. The number of nitriles is 1. The van der Waals surface area contributed by atoms with Crippen LogP contribution in [-0.4, -0.2) is 50.1 Å². The highest BCUT2D eigenvalue weighted by Crippen LogP contribution is 2.47. The maximum atomic E-state index is 13.7. The summed E-state index contributed by atoms with van der Waals surface area (Å²) in [7, 11) is -7.28. The highest BCUT2D eigenvalue weighted by Gasteiger charge is 2.49. The zero-order chi connectivity index (χ0) is 28.0. The van der Waals surface area contributed by atoms with Gasteiger partial charge in [-0.2, -0.15) is 9.57 Å². The Morgan fingerprint density at radius 2 is 1.95 bits per heavy atom. The number of amides is 1. The third-order valence-corrected chi connectivity index (χ3v) is 10.7. The number of halogens is 1. The first-order chi connectivity index (χ1) is 18.4. The number of benzene rings is 2. The van der Waals surface area contributed by atoms with Crippen LogP contribution in [0.1, 0.15) is 36.8 Å². The van der Waals surface area contributed by atoms with Gasteiger partial charge in [-0.1, -0.05) is 23.7 Å². The van der Waals surface area contributed by atoms with Crippen LogP contribution in [0.3, 0.4) is 0 Å². The first-order valence-corrected chi connectivity index (χ1v) is 15.9. The van der Waals surface area contributed by atoms with E-state index in [4.69, 9.17) is 11.6 Å². The first kappa shape index (κ1) is 27.3. The van der Waals surface area contributed by atoms with Gasteiger partial charge in [-0.05, 0) is 55.2 Å². The van der Waals surface area contributed by atoms with E-state index in [0.717, 1.165) is 0 Å². The summed E-state index contributed by atoms with van der Waals surface area (Å²) in [6, 6.07) is 12.1. The molecule has 1 aliphatic heterocycles. The second-order valence-corrected chi connectivity index (χ2v) is 14.4. The molecule has 0 radical (unpaired) electrons. The highest BCUT2D eigenvalue weighted by molar-refractivity contribution is 7.92. The van der Waals surface area contributed by atoms with Crippen LogP contribution in [0.15, 0.2) is 48.8 Å². The minimum atomic E-state index is -3.81. The van der Waals surface area contributed by atoms with Crippen molar-refractivity contribution in [2.24, 2.45) is 5.41 Å². The van der Waals surface area contributed by atoms with Crippen LogP contribution >= 0.6 is 11.6 Å². The van der Waals surface area contributed by atoms with Crippen molar-refractivity contribution in [2.75, 3.05) is 28.1 Å². The topological polar surface area (TPSA) is 149 Å². The maximum Gasteiger partial charge on any atom is 0.233 e. The molecule has 5 rings (SSSR count). The number of aromatic nitrogens is 1. The summed E-state index contributed by atoms with van der Waals surface area (Å²) in [5, 5.41) is 14.0. The molecule has 1 aliphatic carbocycles. The number of sulfonamides is 2. The van der Waals surface area contributed by atoms with Gasteiger partial charge in [0.2, 0.25) is 26.0 Å². The molecule has 2 aromatic carbocycles. The van der Waals surface area contributed by atoms with E-state index in [2.05, 4.69) is 21.1 Å². The van der Waals surface area contributed by atoms with E-state index in [1.165, 1.54) is 17.4 Å². The number of nitrogens with zero attached hydrogens (tertiary/aromatic N) is 3. The summed E-state index contributed by atoms with van der Waals surface area (Å²) in [4.78, 5) is 17.8. The van der Waals surface area contributed by atoms with Crippen molar-refractivity contribution < 1.29 is 21.6 Å². The minimum absolute atomic E-state index is 0.0729. The SMILES string of the molecule is CCS(=O)(=O)Nc1ccc2c(NC(=O)C3CN(S(=O)(=O)CC4(C#N)CC4)Cc4ccc(Cl)cc43)cncc2c1. The van der Waals surface area contributed by atoms with Gasteiger partial charge in [0.1, 0.15) is 0 Å². The second-order valence-electron chi connectivity index (χ2n) is 9.95. The van der Waals surface area contributed by atoms with Crippen molar-refractivity contribution in [3.05, 3.63) is 64.9 Å². The summed E-state index contributed by atoms with van der Waals surface area (Å²) in [6.45, 7) is 1.53. The van der Waals surface area contributed by atoms with E-state index in [-0.39, 0.29) is 24.6 Å². The van der Waals surface area contributed by atoms with E-state index >= 15 is 0 Å². The standard InChI is InChI=1S/C26H26ClN5O5S2/c1-2-38(34,35)31-20-5-6-21-18(9-20)11-29-12-24(21)30-25(33)23-14-32(13-17-3-4-19(27)10-22(17)23)39(36,37)16-26(15-28)7-8-26/h3-6,9-12,23,31H,2,7-8,13-14,16H2,1H3,(H,30,33). The number of rotatable bonds is 8. The molecule has 2 heterocycles. The van der Waals surface area contributed by atoms with Gasteiger partial charge in [0.25, 0.3) is 0 Å². The lowest BCUT2D eigenvalue weighted by Crippen LogP contribution is -2.44. The summed E-state index contributed by atoms with van der Waals surface area (Å²) in [5.41, 5.74) is 1.22. The number of hydrogen-bond acceptors (Lipinski definition) is 7. The Hall–Kier alpha value is -3.24. The molecule has 2 aliphatic rings. The fraction of sp³-hybridized carbons (Fsp3) is 0.346. The van der Waals surface area contributed by atoms with Crippen LogP contribution in [0.25, 0.3) is 10.8 Å². The van der Waals surface area contributed by atoms with Crippen LogP contribution in [0, 0.1) is 16.7 Å². The average Bonchev–Trinajstić information content (AvgIpc) is 3.67. The zero-order valence-corrected chi connectivity index (χ0v) is 23.4. The quantitative estimate of drug-likeness (QED) is 0.407. The summed E-state index contributed by atoms with van der Waals surface area (Å²) >= 11 is 6.24. The van der Waals surface area contributed by atoms with Gasteiger partial charge in [0.05, 0.1) is 40.8 Å². The molecule has 3 aromatic rings. The van der Waals surface area contributed by atoms with Gasteiger partial charge in [-0.15, -0.1) is 0 Å². The minimum Gasteiger partial charge on any atom is -0.324 e. The molecule has 1 fully saturated rings. The molecule has 39 heavy (non-hydrogen) atoms. The van der Waals surface area contributed by atoms with Gasteiger partial charge in [0, 0.05) is 40.8 Å². The van der Waals surface area contributed by atoms with Crippen molar-refractivity contribution in [1.29, 1.82) is 5.26 Å². The van der Waals surface area contributed by atoms with Gasteiger partial charge in [-0.25, -0.2) is 16.8 Å². The second kappa shape index (κ2) is 10.1. The molecular formula is C26H26ClN5O5S2. The molecule has 1 amide bonds. The predicted octanol–water partition coefficient (Wildman–Crippen LogP) is 3.82.